The van der Waals surface area contributed by atoms with Crippen LogP contribution in [0.5, 0.6) is 5.75 Å². The summed E-state index contributed by atoms with van der Waals surface area (Å²) in [5.41, 5.74) is 2.59. The molecular weight excluding hydrogens is 436 g/mol. The van der Waals surface area contributed by atoms with Crippen molar-refractivity contribution in [2.24, 2.45) is 5.10 Å². The number of benzene rings is 2. The molecule has 31 heavy (non-hydrogen) atoms. The molecular formula is C21H16N4O4S2. The second-order valence-corrected chi connectivity index (χ2v) is 8.57. The van der Waals surface area contributed by atoms with Gasteiger partial charge in [-0.05, 0) is 60.5 Å². The lowest BCUT2D eigenvalue weighted by atomic mass is 10.2. The molecule has 0 saturated heterocycles. The van der Waals surface area contributed by atoms with Crippen LogP contribution in [0.1, 0.15) is 20.8 Å². The van der Waals surface area contributed by atoms with Gasteiger partial charge in [-0.2, -0.15) is 10.1 Å². The smallest absolute Gasteiger partial charge is 0.324 e. The predicted molar refractivity (Wildman–Crippen MR) is 123 cm³/mol. The number of methoxy groups -OCH3 is 1. The number of aryl methyl sites for hydroxylation is 1. The van der Waals surface area contributed by atoms with Gasteiger partial charge >= 0.3 is 5.00 Å². The van der Waals surface area contributed by atoms with Crippen molar-refractivity contribution in [2.45, 2.75) is 6.92 Å². The number of carbonyl (C=O) groups is 1. The minimum absolute atomic E-state index is 0.109. The van der Waals surface area contributed by atoms with Crippen LogP contribution in [0, 0.1) is 17.0 Å². The van der Waals surface area contributed by atoms with Gasteiger partial charge in [0.2, 0.25) is 5.13 Å². The number of thiazole rings is 1. The number of carbonyl (C=O) groups excluding carboxylic acids is 1. The lowest BCUT2D eigenvalue weighted by molar-refractivity contribution is -0.380. The van der Waals surface area contributed by atoms with Gasteiger partial charge in [0.1, 0.15) is 10.6 Å². The lowest BCUT2D eigenvalue weighted by Crippen LogP contribution is -2.24. The Morgan fingerprint density at radius 1 is 1.16 bits per heavy atom. The zero-order valence-corrected chi connectivity index (χ0v) is 18.1. The second-order valence-electron chi connectivity index (χ2n) is 6.50. The highest BCUT2D eigenvalue weighted by atomic mass is 32.1. The minimum atomic E-state index is -0.521. The number of ether oxygens (including phenoxy) is 1. The topological polar surface area (TPSA) is 97.9 Å². The van der Waals surface area contributed by atoms with Crippen LogP contribution in [0.15, 0.2) is 59.7 Å². The molecule has 0 spiro atoms. The van der Waals surface area contributed by atoms with E-state index in [2.05, 4.69) is 10.1 Å². The van der Waals surface area contributed by atoms with Gasteiger partial charge in [0.25, 0.3) is 5.91 Å². The van der Waals surface area contributed by atoms with E-state index in [-0.39, 0.29) is 9.88 Å². The van der Waals surface area contributed by atoms with Crippen LogP contribution < -0.4 is 9.75 Å². The number of rotatable bonds is 6. The van der Waals surface area contributed by atoms with Crippen LogP contribution in [0.4, 0.5) is 10.1 Å². The fourth-order valence-corrected chi connectivity index (χ4v) is 4.52. The van der Waals surface area contributed by atoms with Crippen molar-refractivity contribution in [3.8, 4) is 5.75 Å². The molecule has 156 valence electrons. The van der Waals surface area contributed by atoms with Crippen molar-refractivity contribution < 1.29 is 14.5 Å². The van der Waals surface area contributed by atoms with Crippen LogP contribution >= 0.6 is 22.7 Å². The van der Waals surface area contributed by atoms with Crippen LogP contribution in [0.25, 0.3) is 10.2 Å². The van der Waals surface area contributed by atoms with Gasteiger partial charge in [0.15, 0.2) is 0 Å². The first-order chi connectivity index (χ1) is 14.9. The van der Waals surface area contributed by atoms with E-state index in [4.69, 9.17) is 4.74 Å². The molecule has 0 atom stereocenters. The van der Waals surface area contributed by atoms with Gasteiger partial charge in [-0.3, -0.25) is 14.9 Å². The average Bonchev–Trinajstić information content (AvgIpc) is 3.41. The highest BCUT2D eigenvalue weighted by Crippen LogP contribution is 2.32. The summed E-state index contributed by atoms with van der Waals surface area (Å²) in [6.45, 7) is 1.98. The maximum Gasteiger partial charge on any atom is 0.324 e. The third kappa shape index (κ3) is 4.44. The first-order valence-electron chi connectivity index (χ1n) is 9.08. The number of hydrogen-bond donors (Lipinski definition) is 0. The molecule has 0 aliphatic rings. The summed E-state index contributed by atoms with van der Waals surface area (Å²) in [6.07, 6.45) is 1.54. The molecule has 0 fully saturated rings. The van der Waals surface area contributed by atoms with Crippen LogP contribution in [0.2, 0.25) is 0 Å². The number of thiophene rings is 1. The van der Waals surface area contributed by atoms with Crippen molar-refractivity contribution in [1.29, 1.82) is 0 Å². The van der Waals surface area contributed by atoms with E-state index in [9.17, 15) is 14.9 Å². The quantitative estimate of drug-likeness (QED) is 0.226. The van der Waals surface area contributed by atoms with Crippen LogP contribution in [0.3, 0.4) is 0 Å². The molecule has 0 unspecified atom stereocenters. The third-order valence-corrected chi connectivity index (χ3v) is 6.35. The van der Waals surface area contributed by atoms with Gasteiger partial charge in [0.05, 0.1) is 28.5 Å². The van der Waals surface area contributed by atoms with E-state index < -0.39 is 10.8 Å². The first-order valence-corrected chi connectivity index (χ1v) is 10.7. The number of hydrazone groups is 1. The fourth-order valence-electron chi connectivity index (χ4n) is 2.76. The molecule has 0 radical (unpaired) electrons. The molecule has 0 saturated carbocycles. The molecule has 1 amide bonds. The normalized spacial score (nSPS) is 11.2. The van der Waals surface area contributed by atoms with Crippen molar-refractivity contribution in [2.75, 3.05) is 12.1 Å². The number of hydrogen-bond acceptors (Lipinski definition) is 8. The highest BCUT2D eigenvalue weighted by molar-refractivity contribution is 7.22. The van der Waals surface area contributed by atoms with Gasteiger partial charge in [0, 0.05) is 6.07 Å². The SMILES string of the molecule is COc1ccc(/C=N/N(C(=O)c2ccc([N+](=O)[O-])s2)c2nc3ccc(C)cc3s2)cc1. The molecule has 4 rings (SSSR count). The standard InChI is InChI=1S/C21H16N4O4S2/c1-13-3-8-16-18(11-13)31-21(23-16)24(20(26)17-9-10-19(30-17)25(27)28)22-12-14-4-6-15(29-2)7-5-14/h3-12H,1-2H3/b22-12+. The first kappa shape index (κ1) is 20.6. The Labute approximate surface area is 185 Å². The van der Waals surface area contributed by atoms with Gasteiger partial charge in [-0.15, -0.1) is 0 Å². The van der Waals surface area contributed by atoms with Crippen molar-refractivity contribution in [1.82, 2.24) is 4.98 Å². The van der Waals surface area contributed by atoms with Crippen molar-refractivity contribution >= 4 is 55.1 Å². The maximum atomic E-state index is 13.2. The Kier molecular flexibility index (Phi) is 5.74. The van der Waals surface area contributed by atoms with E-state index >= 15 is 0 Å². The Bertz CT molecular complexity index is 1290. The zero-order chi connectivity index (χ0) is 22.0. The average molecular weight is 453 g/mol. The second kappa shape index (κ2) is 8.62. The van der Waals surface area contributed by atoms with E-state index in [1.807, 2.05) is 37.3 Å². The van der Waals surface area contributed by atoms with Gasteiger partial charge in [-0.1, -0.05) is 28.7 Å². The Morgan fingerprint density at radius 2 is 1.94 bits per heavy atom. The predicted octanol–water partition coefficient (Wildman–Crippen LogP) is 5.26. The van der Waals surface area contributed by atoms with E-state index in [1.54, 1.807) is 19.2 Å². The molecule has 0 bridgehead atoms. The highest BCUT2D eigenvalue weighted by Gasteiger charge is 2.24. The number of aromatic nitrogens is 1. The molecule has 2 aromatic carbocycles. The molecule has 8 nitrogen and oxygen atoms in total. The number of fused-ring (bicyclic) bond motifs is 1. The minimum Gasteiger partial charge on any atom is -0.497 e. The summed E-state index contributed by atoms with van der Waals surface area (Å²) < 4.78 is 6.08. The van der Waals surface area contributed by atoms with E-state index in [0.29, 0.717) is 10.9 Å². The summed E-state index contributed by atoms with van der Waals surface area (Å²) >= 11 is 2.13. The molecule has 2 aromatic heterocycles. The number of nitrogens with zero attached hydrogens (tertiary/aromatic N) is 4. The van der Waals surface area contributed by atoms with Crippen LogP contribution in [-0.4, -0.2) is 29.1 Å². The fraction of sp³-hybridized carbons (Fsp3) is 0.0952. The molecule has 2 heterocycles. The summed E-state index contributed by atoms with van der Waals surface area (Å²) in [4.78, 5) is 28.4. The zero-order valence-electron chi connectivity index (χ0n) is 16.5. The van der Waals surface area contributed by atoms with Crippen molar-refractivity contribution in [3.63, 3.8) is 0 Å². The Hall–Kier alpha value is -3.63. The summed E-state index contributed by atoms with van der Waals surface area (Å²) in [5.74, 6) is 0.219. The van der Waals surface area contributed by atoms with E-state index in [1.165, 1.54) is 34.7 Å². The van der Waals surface area contributed by atoms with Crippen molar-refractivity contribution in [3.05, 3.63) is 80.7 Å². The van der Waals surface area contributed by atoms with E-state index in [0.717, 1.165) is 32.7 Å². The number of amides is 1. The largest absolute Gasteiger partial charge is 0.497 e. The molecule has 0 N–H and O–H groups in total. The lowest BCUT2D eigenvalue weighted by Gasteiger charge is -2.12. The Balaban J connectivity index is 1.73. The summed E-state index contributed by atoms with van der Waals surface area (Å²) in [7, 11) is 1.58. The van der Waals surface area contributed by atoms with Gasteiger partial charge < -0.3 is 4.74 Å². The Morgan fingerprint density at radius 3 is 2.61 bits per heavy atom. The summed E-state index contributed by atoms with van der Waals surface area (Å²) in [6, 6.07) is 15.8. The third-order valence-electron chi connectivity index (χ3n) is 4.33. The molecule has 0 aliphatic heterocycles. The van der Waals surface area contributed by atoms with Crippen LogP contribution in [-0.2, 0) is 0 Å². The number of anilines is 1. The van der Waals surface area contributed by atoms with Gasteiger partial charge in [-0.25, -0.2) is 4.98 Å². The number of nitro groups is 1. The molecule has 4 aromatic rings. The maximum absolute atomic E-state index is 13.2. The molecule has 10 heteroatoms. The molecule has 0 aliphatic carbocycles. The summed E-state index contributed by atoms with van der Waals surface area (Å²) in [5, 5.41) is 16.9. The monoisotopic (exact) mass is 452 g/mol.